The number of aliphatic hydroxyl groups excluding tert-OH is 1. The quantitative estimate of drug-likeness (QED) is 0.584. The predicted octanol–water partition coefficient (Wildman–Crippen LogP) is 2.25. The van der Waals surface area contributed by atoms with Gasteiger partial charge in [0.1, 0.15) is 5.82 Å². The molecule has 0 bridgehead atoms. The van der Waals surface area contributed by atoms with Gasteiger partial charge in [-0.25, -0.2) is 4.39 Å². The highest BCUT2D eigenvalue weighted by molar-refractivity contribution is 5.92. The van der Waals surface area contributed by atoms with Gasteiger partial charge in [-0.05, 0) is 30.2 Å². The van der Waals surface area contributed by atoms with Crippen molar-refractivity contribution in [2.45, 2.75) is 26.3 Å². The van der Waals surface area contributed by atoms with Gasteiger partial charge in [0.25, 0.3) is 0 Å². The second-order valence-corrected chi connectivity index (χ2v) is 5.54. The Morgan fingerprint density at radius 2 is 1.96 bits per heavy atom. The molecule has 2 unspecified atom stereocenters. The molecule has 0 aliphatic rings. The fourth-order valence-corrected chi connectivity index (χ4v) is 2.27. The van der Waals surface area contributed by atoms with Crippen LogP contribution in [-0.2, 0) is 14.3 Å². The van der Waals surface area contributed by atoms with Crippen LogP contribution < -0.4 is 0 Å². The van der Waals surface area contributed by atoms with Crippen molar-refractivity contribution >= 4 is 18.0 Å². The first-order chi connectivity index (χ1) is 11.4. The number of nitrogens with zero attached hydrogens (tertiary/aromatic N) is 1. The van der Waals surface area contributed by atoms with Crippen LogP contribution in [0.4, 0.5) is 4.39 Å². The van der Waals surface area contributed by atoms with Crippen LogP contribution in [0, 0.1) is 11.7 Å². The number of halogens is 1. The molecule has 1 aromatic rings. The zero-order valence-electron chi connectivity index (χ0n) is 14.2. The molecule has 0 fully saturated rings. The van der Waals surface area contributed by atoms with Crippen molar-refractivity contribution in [3.63, 3.8) is 0 Å². The summed E-state index contributed by atoms with van der Waals surface area (Å²) in [6, 6.07) is 5.35. The van der Waals surface area contributed by atoms with E-state index in [1.165, 1.54) is 30.2 Å². The topological polar surface area (TPSA) is 66.8 Å². The van der Waals surface area contributed by atoms with E-state index in [1.807, 2.05) is 6.92 Å². The molecule has 24 heavy (non-hydrogen) atoms. The number of carbonyl (C=O) groups is 2. The smallest absolute Gasteiger partial charge is 0.310 e. The monoisotopic (exact) mass is 337 g/mol. The number of esters is 1. The Labute approximate surface area is 141 Å². The van der Waals surface area contributed by atoms with Gasteiger partial charge in [0.15, 0.2) is 0 Å². The van der Waals surface area contributed by atoms with Crippen LogP contribution in [0.15, 0.2) is 30.3 Å². The summed E-state index contributed by atoms with van der Waals surface area (Å²) >= 11 is 0. The van der Waals surface area contributed by atoms with Crippen molar-refractivity contribution in [3.8, 4) is 0 Å². The summed E-state index contributed by atoms with van der Waals surface area (Å²) in [7, 11) is 1.29. The lowest BCUT2D eigenvalue weighted by molar-refractivity contribution is -0.146. The van der Waals surface area contributed by atoms with Crippen molar-refractivity contribution in [2.24, 2.45) is 5.92 Å². The summed E-state index contributed by atoms with van der Waals surface area (Å²) in [4.78, 5) is 25.6. The minimum absolute atomic E-state index is 0.151. The summed E-state index contributed by atoms with van der Waals surface area (Å²) in [5.74, 6) is -1.59. The number of methoxy groups -OCH3 is 1. The first kappa shape index (κ1) is 19.8. The highest BCUT2D eigenvalue weighted by Gasteiger charge is 2.25. The van der Waals surface area contributed by atoms with Crippen LogP contribution in [0.1, 0.15) is 25.8 Å². The van der Waals surface area contributed by atoms with E-state index in [0.717, 1.165) is 0 Å². The van der Waals surface area contributed by atoms with Crippen LogP contribution in [0.3, 0.4) is 0 Å². The summed E-state index contributed by atoms with van der Waals surface area (Å²) in [5.41, 5.74) is 0.683. The number of benzene rings is 1. The molecule has 6 heteroatoms. The van der Waals surface area contributed by atoms with Gasteiger partial charge in [-0.3, -0.25) is 9.59 Å². The van der Waals surface area contributed by atoms with Crippen molar-refractivity contribution in [1.29, 1.82) is 0 Å². The third kappa shape index (κ3) is 5.77. The summed E-state index contributed by atoms with van der Waals surface area (Å²) < 4.78 is 17.6. The van der Waals surface area contributed by atoms with Crippen LogP contribution in [0.2, 0.25) is 0 Å². The molecule has 5 nitrogen and oxygen atoms in total. The molecule has 0 spiro atoms. The lowest BCUT2D eigenvalue weighted by Crippen LogP contribution is -2.45. The molecule has 1 rings (SSSR count). The fourth-order valence-electron chi connectivity index (χ4n) is 2.27. The highest BCUT2D eigenvalue weighted by Crippen LogP contribution is 2.12. The number of aliphatic hydroxyl groups is 1. The average molecular weight is 337 g/mol. The number of rotatable bonds is 8. The molecule has 0 aromatic heterocycles. The molecule has 0 saturated carbocycles. The second-order valence-electron chi connectivity index (χ2n) is 5.54. The zero-order chi connectivity index (χ0) is 18.1. The van der Waals surface area contributed by atoms with E-state index in [-0.39, 0.29) is 30.9 Å². The van der Waals surface area contributed by atoms with Crippen LogP contribution in [-0.4, -0.2) is 48.2 Å². The first-order valence-electron chi connectivity index (χ1n) is 7.85. The molecule has 1 amide bonds. The number of hydrogen-bond acceptors (Lipinski definition) is 4. The van der Waals surface area contributed by atoms with E-state index in [2.05, 4.69) is 4.74 Å². The maximum Gasteiger partial charge on any atom is 0.310 e. The van der Waals surface area contributed by atoms with E-state index in [9.17, 15) is 19.1 Å². The normalized spacial score (nSPS) is 13.5. The van der Waals surface area contributed by atoms with Crippen molar-refractivity contribution in [2.75, 3.05) is 20.3 Å². The van der Waals surface area contributed by atoms with Gasteiger partial charge in [-0.2, -0.15) is 0 Å². The minimum atomic E-state index is -0.501. The van der Waals surface area contributed by atoms with Gasteiger partial charge in [0.05, 0.1) is 25.7 Å². The van der Waals surface area contributed by atoms with Crippen molar-refractivity contribution in [3.05, 3.63) is 41.7 Å². The molecule has 1 aromatic carbocycles. The summed E-state index contributed by atoms with van der Waals surface area (Å²) in [6.45, 7) is 3.48. The molecule has 0 aliphatic heterocycles. The Kier molecular flexibility index (Phi) is 8.12. The molecule has 0 saturated heterocycles. The van der Waals surface area contributed by atoms with Gasteiger partial charge >= 0.3 is 5.97 Å². The molecule has 132 valence electrons. The minimum Gasteiger partial charge on any atom is -0.469 e. The molecular formula is C18H24FNO4. The lowest BCUT2D eigenvalue weighted by Gasteiger charge is -2.30. The second kappa shape index (κ2) is 9.82. The van der Waals surface area contributed by atoms with Gasteiger partial charge in [0, 0.05) is 12.6 Å². The summed E-state index contributed by atoms with van der Waals surface area (Å²) in [5, 5.41) is 9.49. The fraction of sp³-hybridized carbons (Fsp3) is 0.444. The Hall–Kier alpha value is -2.21. The number of carbonyl (C=O) groups excluding carboxylic acids is 2. The SMILES string of the molecule is CCC(CO)N(CC(C)C(=O)OC)C(=O)/C=C/c1ccc(F)cc1. The molecule has 0 heterocycles. The molecule has 2 atom stereocenters. The van der Waals surface area contributed by atoms with Gasteiger partial charge in [0.2, 0.25) is 5.91 Å². The third-order valence-electron chi connectivity index (χ3n) is 3.77. The molecule has 0 aliphatic carbocycles. The number of amides is 1. The average Bonchev–Trinajstić information content (AvgIpc) is 2.60. The van der Waals surface area contributed by atoms with Crippen molar-refractivity contribution in [1.82, 2.24) is 4.90 Å². The Morgan fingerprint density at radius 1 is 1.33 bits per heavy atom. The first-order valence-corrected chi connectivity index (χ1v) is 7.85. The van der Waals surface area contributed by atoms with E-state index in [0.29, 0.717) is 12.0 Å². The van der Waals surface area contributed by atoms with Gasteiger partial charge < -0.3 is 14.7 Å². The Bertz CT molecular complexity index is 567. The van der Waals surface area contributed by atoms with Crippen LogP contribution in [0.5, 0.6) is 0 Å². The summed E-state index contributed by atoms with van der Waals surface area (Å²) in [6.07, 6.45) is 3.48. The Morgan fingerprint density at radius 3 is 2.46 bits per heavy atom. The number of ether oxygens (including phenoxy) is 1. The molecule has 0 radical (unpaired) electrons. The van der Waals surface area contributed by atoms with Crippen molar-refractivity contribution < 1.29 is 23.8 Å². The van der Waals surface area contributed by atoms with Gasteiger partial charge in [-0.1, -0.05) is 26.0 Å². The zero-order valence-corrected chi connectivity index (χ0v) is 14.2. The lowest BCUT2D eigenvalue weighted by atomic mass is 10.1. The largest absolute Gasteiger partial charge is 0.469 e. The maximum atomic E-state index is 12.9. The van der Waals surface area contributed by atoms with Crippen LogP contribution in [0.25, 0.3) is 6.08 Å². The van der Waals surface area contributed by atoms with E-state index < -0.39 is 11.9 Å². The predicted molar refractivity (Wildman–Crippen MR) is 89.5 cm³/mol. The standard InChI is InChI=1S/C18H24FNO4/c1-4-16(12-21)20(11-13(2)18(23)24-3)17(22)10-7-14-5-8-15(19)9-6-14/h5-10,13,16,21H,4,11-12H2,1-3H3/b10-7+. The third-order valence-corrected chi connectivity index (χ3v) is 3.77. The van der Waals surface area contributed by atoms with Crippen LogP contribution >= 0.6 is 0 Å². The molecular weight excluding hydrogens is 313 g/mol. The van der Waals surface area contributed by atoms with E-state index >= 15 is 0 Å². The maximum absolute atomic E-state index is 12.9. The van der Waals surface area contributed by atoms with E-state index in [4.69, 9.17) is 0 Å². The van der Waals surface area contributed by atoms with E-state index in [1.54, 1.807) is 25.1 Å². The highest BCUT2D eigenvalue weighted by atomic mass is 19.1. The number of hydrogen-bond donors (Lipinski definition) is 1. The van der Waals surface area contributed by atoms with Gasteiger partial charge in [-0.15, -0.1) is 0 Å². The molecule has 1 N–H and O–H groups in total. The Balaban J connectivity index is 2.90.